The third-order valence-electron chi connectivity index (χ3n) is 2.81. The fourth-order valence-corrected chi connectivity index (χ4v) is 2.01. The van der Waals surface area contributed by atoms with Gasteiger partial charge in [0.1, 0.15) is 0 Å². The molecule has 0 unspecified atom stereocenters. The highest BCUT2D eigenvalue weighted by Crippen LogP contribution is 2.20. The van der Waals surface area contributed by atoms with Gasteiger partial charge in [-0.2, -0.15) is 0 Å². The van der Waals surface area contributed by atoms with E-state index in [2.05, 4.69) is 16.2 Å². The van der Waals surface area contributed by atoms with E-state index in [0.717, 1.165) is 11.3 Å². The normalized spacial score (nSPS) is 9.91. The zero-order chi connectivity index (χ0) is 16.1. The number of hydrazine groups is 1. The van der Waals surface area contributed by atoms with Gasteiger partial charge in [-0.05, 0) is 42.9 Å². The standard InChI is InChI=1S/C14H13ClN4O2S/c1-9-5-6-10(8-13(9)15)16-14(22)18-17-11-3-2-4-12(7-11)19(20)21/h2-8,17H,1H3,(H2,16,18,22). The van der Waals surface area contributed by atoms with Crippen molar-refractivity contribution in [2.45, 2.75) is 6.92 Å². The first-order valence-electron chi connectivity index (χ1n) is 6.29. The first kappa shape index (κ1) is 16.0. The number of halogens is 1. The van der Waals surface area contributed by atoms with Crippen molar-refractivity contribution in [3.63, 3.8) is 0 Å². The summed E-state index contributed by atoms with van der Waals surface area (Å²) >= 11 is 11.2. The second-order valence-electron chi connectivity index (χ2n) is 4.48. The summed E-state index contributed by atoms with van der Waals surface area (Å²) in [6.07, 6.45) is 0. The van der Waals surface area contributed by atoms with Crippen LogP contribution in [0.15, 0.2) is 42.5 Å². The van der Waals surface area contributed by atoms with Crippen molar-refractivity contribution in [3.8, 4) is 0 Å². The molecule has 0 saturated carbocycles. The molecule has 22 heavy (non-hydrogen) atoms. The van der Waals surface area contributed by atoms with Crippen LogP contribution < -0.4 is 16.2 Å². The minimum absolute atomic E-state index is 0.00371. The van der Waals surface area contributed by atoms with Crippen LogP contribution in [0.1, 0.15) is 5.56 Å². The van der Waals surface area contributed by atoms with Crippen LogP contribution in [0.5, 0.6) is 0 Å². The largest absolute Gasteiger partial charge is 0.331 e. The molecular weight excluding hydrogens is 324 g/mol. The Bertz CT molecular complexity index is 724. The van der Waals surface area contributed by atoms with Crippen LogP contribution in [0, 0.1) is 17.0 Å². The maximum Gasteiger partial charge on any atom is 0.271 e. The van der Waals surface area contributed by atoms with E-state index in [1.807, 2.05) is 19.1 Å². The monoisotopic (exact) mass is 336 g/mol. The molecule has 6 nitrogen and oxygen atoms in total. The maximum absolute atomic E-state index is 10.7. The minimum atomic E-state index is -0.462. The number of benzene rings is 2. The molecule has 0 aromatic heterocycles. The van der Waals surface area contributed by atoms with Crippen molar-refractivity contribution in [2.24, 2.45) is 0 Å². The molecule has 0 heterocycles. The van der Waals surface area contributed by atoms with Crippen molar-refractivity contribution in [1.29, 1.82) is 0 Å². The molecule has 2 aromatic rings. The van der Waals surface area contributed by atoms with Crippen molar-refractivity contribution >= 4 is 46.0 Å². The van der Waals surface area contributed by atoms with Gasteiger partial charge in [0.25, 0.3) is 5.69 Å². The van der Waals surface area contributed by atoms with Crippen LogP contribution in [0.3, 0.4) is 0 Å². The van der Waals surface area contributed by atoms with E-state index in [-0.39, 0.29) is 5.69 Å². The van der Waals surface area contributed by atoms with Crippen LogP contribution in [-0.2, 0) is 0 Å². The summed E-state index contributed by atoms with van der Waals surface area (Å²) in [6.45, 7) is 1.91. The summed E-state index contributed by atoms with van der Waals surface area (Å²) in [7, 11) is 0. The lowest BCUT2D eigenvalue weighted by Crippen LogP contribution is -2.33. The lowest BCUT2D eigenvalue weighted by atomic mass is 10.2. The molecule has 0 aliphatic heterocycles. The number of nitro benzene ring substituents is 1. The number of nitrogens with zero attached hydrogens (tertiary/aromatic N) is 1. The van der Waals surface area contributed by atoms with Crippen molar-refractivity contribution < 1.29 is 4.92 Å². The highest BCUT2D eigenvalue weighted by atomic mass is 35.5. The van der Waals surface area contributed by atoms with Gasteiger partial charge in [-0.25, -0.2) is 0 Å². The molecule has 0 aliphatic rings. The van der Waals surface area contributed by atoms with Gasteiger partial charge in [0.15, 0.2) is 5.11 Å². The van der Waals surface area contributed by atoms with Crippen molar-refractivity contribution in [3.05, 3.63) is 63.2 Å². The average Bonchev–Trinajstić information content (AvgIpc) is 2.49. The van der Waals surface area contributed by atoms with Crippen molar-refractivity contribution in [2.75, 3.05) is 10.7 Å². The van der Waals surface area contributed by atoms with Crippen LogP contribution in [0.25, 0.3) is 0 Å². The van der Waals surface area contributed by atoms with Crippen LogP contribution in [0.4, 0.5) is 17.1 Å². The van der Waals surface area contributed by atoms with Gasteiger partial charge in [-0.3, -0.25) is 21.0 Å². The number of rotatable bonds is 4. The number of nitrogens with one attached hydrogen (secondary N) is 3. The Kier molecular flexibility index (Phi) is 5.13. The molecule has 2 rings (SSSR count). The Morgan fingerprint density at radius 1 is 1.23 bits per heavy atom. The number of nitro groups is 1. The van der Waals surface area contributed by atoms with E-state index in [0.29, 0.717) is 15.8 Å². The van der Waals surface area contributed by atoms with Gasteiger partial charge in [-0.1, -0.05) is 23.7 Å². The molecule has 0 radical (unpaired) electrons. The molecule has 0 aliphatic carbocycles. The molecule has 8 heteroatoms. The van der Waals surface area contributed by atoms with E-state index in [1.54, 1.807) is 18.2 Å². The lowest BCUT2D eigenvalue weighted by molar-refractivity contribution is -0.384. The van der Waals surface area contributed by atoms with Gasteiger partial charge in [-0.15, -0.1) is 0 Å². The third kappa shape index (κ3) is 4.31. The molecule has 114 valence electrons. The second-order valence-corrected chi connectivity index (χ2v) is 5.29. The summed E-state index contributed by atoms with van der Waals surface area (Å²) < 4.78 is 0. The Balaban J connectivity index is 1.94. The predicted octanol–water partition coefficient (Wildman–Crippen LogP) is 3.87. The predicted molar refractivity (Wildman–Crippen MR) is 92.3 cm³/mol. The van der Waals surface area contributed by atoms with Crippen LogP contribution in [0.2, 0.25) is 5.02 Å². The Morgan fingerprint density at radius 3 is 2.68 bits per heavy atom. The molecule has 0 spiro atoms. The average molecular weight is 337 g/mol. The van der Waals surface area contributed by atoms with E-state index in [9.17, 15) is 10.1 Å². The number of thiocarbonyl (C=S) groups is 1. The molecule has 0 fully saturated rings. The fraction of sp³-hybridized carbons (Fsp3) is 0.0714. The molecule has 0 amide bonds. The highest BCUT2D eigenvalue weighted by molar-refractivity contribution is 7.80. The summed E-state index contributed by atoms with van der Waals surface area (Å²) in [6, 6.07) is 11.6. The van der Waals surface area contributed by atoms with Gasteiger partial charge in [0, 0.05) is 22.8 Å². The number of hydrogen-bond donors (Lipinski definition) is 3. The maximum atomic E-state index is 10.7. The molecule has 2 aromatic carbocycles. The topological polar surface area (TPSA) is 79.2 Å². The summed E-state index contributed by atoms with van der Waals surface area (Å²) in [4.78, 5) is 10.2. The summed E-state index contributed by atoms with van der Waals surface area (Å²) in [5.74, 6) is 0. The summed E-state index contributed by atoms with van der Waals surface area (Å²) in [5.41, 5.74) is 7.79. The van der Waals surface area contributed by atoms with E-state index >= 15 is 0 Å². The number of hydrogen-bond acceptors (Lipinski definition) is 4. The SMILES string of the molecule is Cc1ccc(NC(=S)NNc2cccc([N+](=O)[O-])c2)cc1Cl. The van der Waals surface area contributed by atoms with E-state index in [1.165, 1.54) is 12.1 Å². The Morgan fingerprint density at radius 2 is 2.00 bits per heavy atom. The van der Waals surface area contributed by atoms with Gasteiger partial charge < -0.3 is 5.32 Å². The Labute approximate surface area is 137 Å². The van der Waals surface area contributed by atoms with Gasteiger partial charge in [0.2, 0.25) is 0 Å². The van der Waals surface area contributed by atoms with Crippen LogP contribution >= 0.6 is 23.8 Å². The first-order valence-corrected chi connectivity index (χ1v) is 7.08. The fourth-order valence-electron chi connectivity index (χ4n) is 1.66. The molecular formula is C14H13ClN4O2S. The minimum Gasteiger partial charge on any atom is -0.331 e. The van der Waals surface area contributed by atoms with Gasteiger partial charge in [0.05, 0.1) is 10.6 Å². The summed E-state index contributed by atoms with van der Waals surface area (Å²) in [5, 5.41) is 14.6. The second kappa shape index (κ2) is 7.06. The third-order valence-corrected chi connectivity index (χ3v) is 3.42. The van der Waals surface area contributed by atoms with Crippen molar-refractivity contribution in [1.82, 2.24) is 5.43 Å². The first-order chi connectivity index (χ1) is 10.5. The molecule has 0 atom stereocenters. The number of non-ortho nitro benzene ring substituents is 1. The smallest absolute Gasteiger partial charge is 0.271 e. The van der Waals surface area contributed by atoms with E-state index in [4.69, 9.17) is 23.8 Å². The quantitative estimate of drug-likeness (QED) is 0.447. The van der Waals surface area contributed by atoms with Gasteiger partial charge >= 0.3 is 0 Å². The van der Waals surface area contributed by atoms with Crippen LogP contribution in [-0.4, -0.2) is 10.0 Å². The molecule has 0 bridgehead atoms. The zero-order valence-corrected chi connectivity index (χ0v) is 13.2. The number of anilines is 2. The number of aryl methyl sites for hydroxylation is 1. The highest BCUT2D eigenvalue weighted by Gasteiger charge is 2.05. The lowest BCUT2D eigenvalue weighted by Gasteiger charge is -2.13. The van der Waals surface area contributed by atoms with E-state index < -0.39 is 4.92 Å². The zero-order valence-electron chi connectivity index (χ0n) is 11.6. The Hall–Kier alpha value is -2.38. The molecule has 3 N–H and O–H groups in total. The molecule has 0 saturated heterocycles.